The summed E-state index contributed by atoms with van der Waals surface area (Å²) < 4.78 is 21.5. The number of esters is 1. The van der Waals surface area contributed by atoms with Crippen LogP contribution in [0.25, 0.3) is 0 Å². The number of hydrogen-bond acceptors (Lipinski definition) is 4. The average molecular weight is 390 g/mol. The van der Waals surface area contributed by atoms with Gasteiger partial charge in [-0.15, -0.1) is 0 Å². The second-order valence-corrected chi connectivity index (χ2v) is 9.86. The summed E-state index contributed by atoms with van der Waals surface area (Å²) in [7, 11) is 0. The van der Waals surface area contributed by atoms with Crippen LogP contribution in [0.1, 0.15) is 65.7 Å². The van der Waals surface area contributed by atoms with Gasteiger partial charge >= 0.3 is 5.97 Å². The average Bonchev–Trinajstić information content (AvgIpc) is 2.99. The zero-order chi connectivity index (χ0) is 20.3. The van der Waals surface area contributed by atoms with E-state index in [4.69, 9.17) is 4.74 Å². The van der Waals surface area contributed by atoms with Crippen LogP contribution in [0.3, 0.4) is 0 Å². The Balaban J connectivity index is 1.60. The Labute approximate surface area is 166 Å². The van der Waals surface area contributed by atoms with Crippen molar-refractivity contribution in [3.8, 4) is 0 Å². The molecule has 0 spiro atoms. The number of allylic oxidation sites excluding steroid dienone is 1. The predicted molar refractivity (Wildman–Crippen MR) is 102 cm³/mol. The molecule has 0 aromatic heterocycles. The van der Waals surface area contributed by atoms with Crippen LogP contribution in [-0.2, 0) is 19.1 Å². The van der Waals surface area contributed by atoms with Gasteiger partial charge in [-0.05, 0) is 67.8 Å². The molecule has 5 heteroatoms. The molecule has 0 aliphatic heterocycles. The molecule has 4 aliphatic carbocycles. The summed E-state index contributed by atoms with van der Waals surface area (Å²) in [5, 5.41) is 0. The maximum atomic E-state index is 16.5. The van der Waals surface area contributed by atoms with Gasteiger partial charge < -0.3 is 4.74 Å². The van der Waals surface area contributed by atoms with E-state index in [0.717, 1.165) is 24.8 Å². The number of fused-ring (bicyclic) bond motifs is 5. The molecule has 4 rings (SSSR count). The third-order valence-electron chi connectivity index (χ3n) is 8.53. The lowest BCUT2D eigenvalue weighted by Crippen LogP contribution is -2.57. The largest absolute Gasteiger partial charge is 0.458 e. The molecule has 0 aromatic carbocycles. The van der Waals surface area contributed by atoms with Gasteiger partial charge in [-0.3, -0.25) is 14.4 Å². The van der Waals surface area contributed by atoms with Crippen molar-refractivity contribution in [3.63, 3.8) is 0 Å². The summed E-state index contributed by atoms with van der Waals surface area (Å²) in [6.45, 7) is 5.43. The fourth-order valence-electron chi connectivity index (χ4n) is 7.19. The Morgan fingerprint density at radius 2 is 1.96 bits per heavy atom. The minimum Gasteiger partial charge on any atom is -0.458 e. The third kappa shape index (κ3) is 2.88. The molecule has 154 valence electrons. The molecule has 0 radical (unpaired) electrons. The molecule has 28 heavy (non-hydrogen) atoms. The lowest BCUT2D eigenvalue weighted by atomic mass is 9.48. The quantitative estimate of drug-likeness (QED) is 0.677. The second kappa shape index (κ2) is 6.77. The van der Waals surface area contributed by atoms with Crippen LogP contribution < -0.4 is 0 Å². The highest BCUT2D eigenvalue weighted by Gasteiger charge is 2.64. The monoisotopic (exact) mass is 390 g/mol. The summed E-state index contributed by atoms with van der Waals surface area (Å²) >= 11 is 0. The van der Waals surface area contributed by atoms with Gasteiger partial charge in [-0.25, -0.2) is 4.39 Å². The molecule has 0 amide bonds. The molecule has 3 saturated carbocycles. The standard InChI is InChI=1S/C23H31FO4/c1-13-10-20-18-6-7-19(21(27)12-28-14(2)25)22(18,3)8-9-23(20,24)17-5-4-15(26)11-16(13)17/h11,13,17-20H,4-10,12H2,1-3H3/t13-,17-,18-,19+,20-,22-,23-/m0/s1. The number of ether oxygens (including phenoxy) is 1. The van der Waals surface area contributed by atoms with Gasteiger partial charge in [-0.2, -0.15) is 0 Å². The van der Waals surface area contributed by atoms with Crippen LogP contribution in [-0.4, -0.2) is 29.8 Å². The smallest absolute Gasteiger partial charge is 0.303 e. The first kappa shape index (κ1) is 19.8. The van der Waals surface area contributed by atoms with Crippen molar-refractivity contribution in [2.75, 3.05) is 6.61 Å². The number of halogens is 1. The number of rotatable bonds is 3. The Morgan fingerprint density at radius 3 is 2.68 bits per heavy atom. The normalized spacial score (nSPS) is 44.8. The van der Waals surface area contributed by atoms with Crippen molar-refractivity contribution in [1.29, 1.82) is 0 Å². The first-order valence-electron chi connectivity index (χ1n) is 10.8. The van der Waals surface area contributed by atoms with E-state index < -0.39 is 11.6 Å². The van der Waals surface area contributed by atoms with E-state index in [2.05, 4.69) is 13.8 Å². The molecule has 0 N–H and O–H groups in total. The highest BCUT2D eigenvalue weighted by Crippen LogP contribution is 2.67. The van der Waals surface area contributed by atoms with Crippen LogP contribution in [0, 0.1) is 35.0 Å². The molecule has 0 unspecified atom stereocenters. The first-order chi connectivity index (χ1) is 13.2. The first-order valence-corrected chi connectivity index (χ1v) is 10.8. The highest BCUT2D eigenvalue weighted by atomic mass is 19.1. The predicted octanol–water partition coefficient (Wildman–Crippen LogP) is 4.21. The van der Waals surface area contributed by atoms with Gasteiger partial charge in [0.05, 0.1) is 0 Å². The third-order valence-corrected chi connectivity index (χ3v) is 8.53. The maximum Gasteiger partial charge on any atom is 0.303 e. The summed E-state index contributed by atoms with van der Waals surface area (Å²) in [5.41, 5.74) is -0.445. The molecule has 0 saturated heterocycles. The van der Waals surface area contributed by atoms with Crippen molar-refractivity contribution < 1.29 is 23.5 Å². The lowest BCUT2D eigenvalue weighted by molar-refractivity contribution is -0.151. The Morgan fingerprint density at radius 1 is 1.21 bits per heavy atom. The van der Waals surface area contributed by atoms with Crippen LogP contribution in [0.15, 0.2) is 11.6 Å². The molecule has 0 heterocycles. The van der Waals surface area contributed by atoms with Crippen molar-refractivity contribution in [2.45, 2.75) is 71.4 Å². The highest BCUT2D eigenvalue weighted by molar-refractivity contribution is 5.91. The van der Waals surface area contributed by atoms with Gasteiger partial charge in [-0.1, -0.05) is 19.4 Å². The van der Waals surface area contributed by atoms with Crippen molar-refractivity contribution in [3.05, 3.63) is 11.6 Å². The fraction of sp³-hybridized carbons (Fsp3) is 0.783. The van der Waals surface area contributed by atoms with E-state index in [0.29, 0.717) is 25.7 Å². The van der Waals surface area contributed by atoms with Crippen molar-refractivity contribution in [2.24, 2.45) is 35.0 Å². The lowest BCUT2D eigenvalue weighted by Gasteiger charge is -2.58. The van der Waals surface area contributed by atoms with Crippen LogP contribution >= 0.6 is 0 Å². The molecule has 0 aromatic rings. The summed E-state index contributed by atoms with van der Waals surface area (Å²) in [6.07, 6.45) is 6.33. The van der Waals surface area contributed by atoms with E-state index in [1.807, 2.05) is 0 Å². The Hall–Kier alpha value is -1.52. The van der Waals surface area contributed by atoms with Crippen LogP contribution in [0.5, 0.6) is 0 Å². The number of carbonyl (C=O) groups excluding carboxylic acids is 3. The van der Waals surface area contributed by atoms with Crippen molar-refractivity contribution in [1.82, 2.24) is 0 Å². The minimum atomic E-state index is -1.25. The number of Topliss-reactive ketones (excluding diaryl/α,β-unsaturated/α-hetero) is 1. The maximum absolute atomic E-state index is 16.5. The Kier molecular flexibility index (Phi) is 4.79. The SMILES string of the molecule is CC(=O)OCC(=O)[C@H]1CC[C@H]2[C@@H]3C[C@H](C)C4=CC(=O)CC[C@@H]4[C@@]3(F)CC[C@]12C. The van der Waals surface area contributed by atoms with E-state index >= 15 is 4.39 Å². The summed E-state index contributed by atoms with van der Waals surface area (Å²) in [4.78, 5) is 35.8. The Bertz CT molecular complexity index is 743. The number of ketones is 2. The molecule has 7 atom stereocenters. The fourth-order valence-corrected chi connectivity index (χ4v) is 7.19. The number of carbonyl (C=O) groups is 3. The molecular formula is C23H31FO4. The van der Waals surface area contributed by atoms with Gasteiger partial charge in [0.25, 0.3) is 0 Å². The van der Waals surface area contributed by atoms with Gasteiger partial charge in [0.2, 0.25) is 0 Å². The zero-order valence-electron chi connectivity index (χ0n) is 17.1. The summed E-state index contributed by atoms with van der Waals surface area (Å²) in [5.74, 6) is -0.256. The zero-order valence-corrected chi connectivity index (χ0v) is 17.1. The van der Waals surface area contributed by atoms with E-state index in [9.17, 15) is 14.4 Å². The molecule has 3 fully saturated rings. The molecule has 4 aliphatic rings. The summed E-state index contributed by atoms with van der Waals surface area (Å²) in [6, 6.07) is 0. The van der Waals surface area contributed by atoms with Gasteiger partial charge in [0.1, 0.15) is 12.3 Å². The molecule has 4 nitrogen and oxygen atoms in total. The van der Waals surface area contributed by atoms with E-state index in [-0.39, 0.29) is 53.2 Å². The van der Waals surface area contributed by atoms with Crippen LogP contribution in [0.4, 0.5) is 4.39 Å². The van der Waals surface area contributed by atoms with Gasteiger partial charge in [0, 0.05) is 25.2 Å². The van der Waals surface area contributed by atoms with Crippen LogP contribution in [0.2, 0.25) is 0 Å². The second-order valence-electron chi connectivity index (χ2n) is 9.86. The van der Waals surface area contributed by atoms with Crippen molar-refractivity contribution >= 4 is 17.5 Å². The molecule has 0 bridgehead atoms. The van der Waals surface area contributed by atoms with Gasteiger partial charge in [0.15, 0.2) is 11.6 Å². The van der Waals surface area contributed by atoms with E-state index in [1.165, 1.54) is 6.92 Å². The number of alkyl halides is 1. The minimum absolute atomic E-state index is 0.0146. The van der Waals surface area contributed by atoms with E-state index in [1.54, 1.807) is 6.08 Å². The topological polar surface area (TPSA) is 60.4 Å². The molecular weight excluding hydrogens is 359 g/mol. The number of hydrogen-bond donors (Lipinski definition) is 0.